The van der Waals surface area contributed by atoms with Gasteiger partial charge in [0.1, 0.15) is 18.4 Å². The molecule has 2 heterocycles. The summed E-state index contributed by atoms with van der Waals surface area (Å²) in [5, 5.41) is 29.5. The molecule has 0 radical (unpaired) electrons. The molecular weight excluding hydrogens is 308 g/mol. The van der Waals surface area contributed by atoms with Crippen molar-refractivity contribution in [1.82, 2.24) is 24.9 Å². The van der Waals surface area contributed by atoms with Gasteiger partial charge in [-0.25, -0.2) is 4.79 Å². The van der Waals surface area contributed by atoms with Crippen LogP contribution in [0, 0.1) is 10.1 Å². The Bertz CT molecular complexity index is 736. The molecule has 0 spiro atoms. The molecule has 2 rings (SSSR count). The lowest BCUT2D eigenvalue weighted by Crippen LogP contribution is -2.33. The average Bonchev–Trinajstić information content (AvgIpc) is 3.15. The van der Waals surface area contributed by atoms with E-state index in [9.17, 15) is 19.7 Å². The Kier molecular flexibility index (Phi) is 4.69. The second-order valence-corrected chi connectivity index (χ2v) is 4.67. The van der Waals surface area contributed by atoms with E-state index in [0.717, 1.165) is 6.20 Å². The summed E-state index contributed by atoms with van der Waals surface area (Å²) >= 11 is 0. The Morgan fingerprint density at radius 3 is 2.83 bits per heavy atom. The van der Waals surface area contributed by atoms with E-state index in [0.29, 0.717) is 0 Å². The van der Waals surface area contributed by atoms with Gasteiger partial charge in [-0.15, -0.1) is 0 Å². The number of nitrogens with one attached hydrogen (secondary N) is 1. The smallest absolute Gasteiger partial charge is 0.356 e. The molecule has 1 atom stereocenters. The Labute approximate surface area is 129 Å². The normalized spacial score (nSPS) is 11.9. The van der Waals surface area contributed by atoms with Gasteiger partial charge < -0.3 is 10.4 Å². The second-order valence-electron chi connectivity index (χ2n) is 4.67. The SMILES string of the molecule is CC(C(=O)NCCn1cc([N+](=O)[O-])cn1)n1ccc(C(=O)O)n1. The maximum atomic E-state index is 12.0. The van der Waals surface area contributed by atoms with Crippen molar-refractivity contribution in [1.29, 1.82) is 0 Å². The zero-order chi connectivity index (χ0) is 17.0. The summed E-state index contributed by atoms with van der Waals surface area (Å²) in [6.07, 6.45) is 3.80. The van der Waals surface area contributed by atoms with Gasteiger partial charge in [-0.3, -0.25) is 24.3 Å². The van der Waals surface area contributed by atoms with Gasteiger partial charge in [0.15, 0.2) is 5.69 Å². The highest BCUT2D eigenvalue weighted by Crippen LogP contribution is 2.08. The number of carbonyl (C=O) groups is 2. The van der Waals surface area contributed by atoms with Crippen LogP contribution in [0.2, 0.25) is 0 Å². The van der Waals surface area contributed by atoms with Crippen molar-refractivity contribution in [2.45, 2.75) is 19.5 Å². The van der Waals surface area contributed by atoms with Gasteiger partial charge >= 0.3 is 11.7 Å². The Morgan fingerprint density at radius 2 is 2.26 bits per heavy atom. The minimum Gasteiger partial charge on any atom is -0.476 e. The molecule has 0 fully saturated rings. The van der Waals surface area contributed by atoms with Crippen LogP contribution < -0.4 is 5.32 Å². The zero-order valence-electron chi connectivity index (χ0n) is 12.1. The lowest BCUT2D eigenvalue weighted by atomic mass is 10.3. The van der Waals surface area contributed by atoms with Gasteiger partial charge in [-0.2, -0.15) is 10.2 Å². The molecule has 0 saturated carbocycles. The molecule has 2 N–H and O–H groups in total. The molecule has 23 heavy (non-hydrogen) atoms. The number of amides is 1. The predicted octanol–water partition coefficient (Wildman–Crippen LogP) is 0.0634. The number of rotatable bonds is 7. The second kappa shape index (κ2) is 6.68. The highest BCUT2D eigenvalue weighted by Gasteiger charge is 2.17. The number of carbonyl (C=O) groups excluding carboxylic acids is 1. The minimum absolute atomic E-state index is 0.123. The number of hydrogen-bond donors (Lipinski definition) is 2. The van der Waals surface area contributed by atoms with Crippen LogP contribution in [0.25, 0.3) is 0 Å². The molecule has 1 unspecified atom stereocenters. The fourth-order valence-electron chi connectivity index (χ4n) is 1.80. The first-order valence-corrected chi connectivity index (χ1v) is 6.61. The first-order valence-electron chi connectivity index (χ1n) is 6.61. The van der Waals surface area contributed by atoms with Crippen molar-refractivity contribution in [2.75, 3.05) is 6.54 Å². The Hall–Kier alpha value is -3.24. The average molecular weight is 322 g/mol. The quantitative estimate of drug-likeness (QED) is 0.541. The minimum atomic E-state index is -1.17. The summed E-state index contributed by atoms with van der Waals surface area (Å²) in [7, 11) is 0. The number of nitrogens with zero attached hydrogens (tertiary/aromatic N) is 5. The molecular formula is C12H14N6O5. The summed E-state index contributed by atoms with van der Waals surface area (Å²) < 4.78 is 2.59. The number of aromatic carboxylic acids is 1. The predicted molar refractivity (Wildman–Crippen MR) is 75.8 cm³/mol. The van der Waals surface area contributed by atoms with E-state index in [1.54, 1.807) is 6.92 Å². The van der Waals surface area contributed by atoms with E-state index < -0.39 is 16.9 Å². The van der Waals surface area contributed by atoms with Crippen molar-refractivity contribution >= 4 is 17.6 Å². The molecule has 0 saturated heterocycles. The molecule has 11 nitrogen and oxygen atoms in total. The number of carboxylic acid groups (broad SMARTS) is 1. The summed E-state index contributed by atoms with van der Waals surface area (Å²) in [6, 6.07) is 0.615. The molecule has 0 aliphatic heterocycles. The van der Waals surface area contributed by atoms with E-state index >= 15 is 0 Å². The van der Waals surface area contributed by atoms with Gasteiger partial charge in [0, 0.05) is 12.7 Å². The largest absolute Gasteiger partial charge is 0.476 e. The third-order valence-corrected chi connectivity index (χ3v) is 3.07. The number of carboxylic acids is 1. The molecule has 1 amide bonds. The first-order chi connectivity index (χ1) is 10.9. The molecule has 0 bridgehead atoms. The molecule has 11 heteroatoms. The summed E-state index contributed by atoms with van der Waals surface area (Å²) in [6.45, 7) is 2.06. The van der Waals surface area contributed by atoms with Crippen molar-refractivity contribution in [3.05, 3.63) is 40.5 Å². The molecule has 0 aromatic carbocycles. The van der Waals surface area contributed by atoms with Crippen LogP contribution >= 0.6 is 0 Å². The maximum absolute atomic E-state index is 12.0. The standard InChI is InChI=1S/C12H14N6O5/c1-8(17-4-2-10(15-17)12(20)21)11(19)13-3-5-16-7-9(6-14-16)18(22)23/h2,4,6-8H,3,5H2,1H3,(H,13,19)(H,20,21). The van der Waals surface area contributed by atoms with Crippen LogP contribution in [0.3, 0.4) is 0 Å². The van der Waals surface area contributed by atoms with Crippen LogP contribution in [0.1, 0.15) is 23.5 Å². The van der Waals surface area contributed by atoms with Crippen molar-refractivity contribution in [3.8, 4) is 0 Å². The van der Waals surface area contributed by atoms with Crippen LogP contribution in [-0.2, 0) is 11.3 Å². The van der Waals surface area contributed by atoms with E-state index in [1.807, 2.05) is 0 Å². The lowest BCUT2D eigenvalue weighted by molar-refractivity contribution is -0.385. The van der Waals surface area contributed by atoms with Gasteiger partial charge in [-0.1, -0.05) is 0 Å². The van der Waals surface area contributed by atoms with Gasteiger partial charge in [-0.05, 0) is 13.0 Å². The van der Waals surface area contributed by atoms with Crippen LogP contribution in [0.5, 0.6) is 0 Å². The van der Waals surface area contributed by atoms with Gasteiger partial charge in [0.2, 0.25) is 5.91 Å². The van der Waals surface area contributed by atoms with Gasteiger partial charge in [0.05, 0.1) is 11.5 Å². The summed E-state index contributed by atoms with van der Waals surface area (Å²) in [5.74, 6) is -1.52. The maximum Gasteiger partial charge on any atom is 0.356 e. The Balaban J connectivity index is 1.85. The molecule has 2 aromatic heterocycles. The molecule has 0 aliphatic rings. The highest BCUT2D eigenvalue weighted by atomic mass is 16.6. The third-order valence-electron chi connectivity index (χ3n) is 3.07. The first kappa shape index (κ1) is 16.1. The molecule has 122 valence electrons. The number of hydrogen-bond acceptors (Lipinski definition) is 6. The molecule has 2 aromatic rings. The monoisotopic (exact) mass is 322 g/mol. The van der Waals surface area contributed by atoms with Crippen LogP contribution in [0.4, 0.5) is 5.69 Å². The van der Waals surface area contributed by atoms with Crippen LogP contribution in [0.15, 0.2) is 24.7 Å². The summed E-state index contributed by atoms with van der Waals surface area (Å²) in [4.78, 5) is 32.7. The van der Waals surface area contributed by atoms with Crippen molar-refractivity contribution < 1.29 is 19.6 Å². The van der Waals surface area contributed by atoms with E-state index in [-0.39, 0.29) is 30.4 Å². The fourth-order valence-corrected chi connectivity index (χ4v) is 1.80. The topological polar surface area (TPSA) is 145 Å². The summed E-state index contributed by atoms with van der Waals surface area (Å²) in [5.41, 5.74) is -0.268. The van der Waals surface area contributed by atoms with E-state index in [2.05, 4.69) is 15.5 Å². The number of nitro groups is 1. The Morgan fingerprint density at radius 1 is 1.52 bits per heavy atom. The zero-order valence-corrected chi connectivity index (χ0v) is 12.1. The van der Waals surface area contributed by atoms with Crippen molar-refractivity contribution in [3.63, 3.8) is 0 Å². The number of aromatic nitrogens is 4. The van der Waals surface area contributed by atoms with E-state index in [4.69, 9.17) is 5.11 Å². The van der Waals surface area contributed by atoms with Gasteiger partial charge in [0.25, 0.3) is 0 Å². The van der Waals surface area contributed by atoms with Crippen molar-refractivity contribution in [2.24, 2.45) is 0 Å². The lowest BCUT2D eigenvalue weighted by Gasteiger charge is -2.12. The molecule has 0 aliphatic carbocycles. The highest BCUT2D eigenvalue weighted by molar-refractivity contribution is 5.85. The van der Waals surface area contributed by atoms with E-state index in [1.165, 1.54) is 27.8 Å². The van der Waals surface area contributed by atoms with Crippen LogP contribution in [-0.4, -0.2) is 48.0 Å². The fraction of sp³-hybridized carbons (Fsp3) is 0.333. The third kappa shape index (κ3) is 3.90.